The number of rotatable bonds is 5. The minimum Gasteiger partial charge on any atom is -0.368 e. The van der Waals surface area contributed by atoms with Crippen LogP contribution in [0.5, 0.6) is 0 Å². The molecule has 0 aromatic heterocycles. The van der Waals surface area contributed by atoms with Gasteiger partial charge in [0.25, 0.3) is 0 Å². The summed E-state index contributed by atoms with van der Waals surface area (Å²) in [5.41, 5.74) is 2.75. The monoisotopic (exact) mass is 292 g/mol. The Hall–Kier alpha value is -0.730. The largest absolute Gasteiger partial charge is 0.368 e. The van der Waals surface area contributed by atoms with Crippen molar-refractivity contribution in [2.75, 3.05) is 18.0 Å². The fourth-order valence-corrected chi connectivity index (χ4v) is 3.84. The molecule has 3 heteroatoms. The van der Waals surface area contributed by atoms with Gasteiger partial charge in [-0.2, -0.15) is 0 Å². The Bertz CT molecular complexity index is 472. The number of hydrogen-bond donors (Lipinski definition) is 1. The average Bonchev–Trinajstić information content (AvgIpc) is 3.02. The maximum Gasteiger partial charge on any atom is 0.0429 e. The zero-order chi connectivity index (χ0) is 14.1. The minimum atomic E-state index is 0.688. The molecule has 1 aromatic rings. The second-order valence-corrected chi connectivity index (χ2v) is 7.22. The third-order valence-corrected chi connectivity index (χ3v) is 4.87. The fraction of sp³-hybridized carbons (Fsp3) is 0.647. The molecule has 110 valence electrons. The summed E-state index contributed by atoms with van der Waals surface area (Å²) < 4.78 is 0. The quantitative estimate of drug-likeness (QED) is 0.880. The normalized spacial score (nSPS) is 24.9. The molecule has 0 radical (unpaired) electrons. The molecule has 2 bridgehead atoms. The van der Waals surface area contributed by atoms with Crippen molar-refractivity contribution in [3.05, 3.63) is 28.8 Å². The molecule has 2 aliphatic rings. The summed E-state index contributed by atoms with van der Waals surface area (Å²) in [6.45, 7) is 7.72. The van der Waals surface area contributed by atoms with Crippen LogP contribution in [-0.2, 0) is 6.54 Å². The van der Waals surface area contributed by atoms with Gasteiger partial charge < -0.3 is 10.2 Å². The van der Waals surface area contributed by atoms with Crippen molar-refractivity contribution in [1.29, 1.82) is 0 Å². The van der Waals surface area contributed by atoms with Crippen LogP contribution in [0.1, 0.15) is 38.7 Å². The maximum absolute atomic E-state index is 6.23. The summed E-state index contributed by atoms with van der Waals surface area (Å²) in [5.74, 6) is 1.60. The number of halogens is 1. The Labute approximate surface area is 127 Å². The van der Waals surface area contributed by atoms with Gasteiger partial charge in [0, 0.05) is 29.8 Å². The average molecular weight is 293 g/mol. The van der Waals surface area contributed by atoms with E-state index in [1.54, 1.807) is 0 Å². The predicted octanol–water partition coefficient (Wildman–Crippen LogP) is 4.07. The third-order valence-electron chi connectivity index (χ3n) is 4.63. The van der Waals surface area contributed by atoms with Crippen molar-refractivity contribution in [1.82, 2.24) is 5.32 Å². The Balaban J connectivity index is 1.76. The van der Waals surface area contributed by atoms with E-state index in [0.717, 1.165) is 30.1 Å². The molecule has 20 heavy (non-hydrogen) atoms. The first-order chi connectivity index (χ1) is 9.63. The van der Waals surface area contributed by atoms with E-state index < -0.39 is 0 Å². The molecule has 1 aromatic carbocycles. The molecule has 0 spiro atoms. The highest BCUT2D eigenvalue weighted by atomic mass is 35.5. The van der Waals surface area contributed by atoms with Crippen molar-refractivity contribution >= 4 is 17.3 Å². The van der Waals surface area contributed by atoms with Gasteiger partial charge in [0.05, 0.1) is 0 Å². The lowest BCUT2D eigenvalue weighted by molar-refractivity contribution is 0.542. The standard InChI is InChI=1S/C17H25ClN2/c1-12(2)9-19-10-14-4-5-15(18)8-17(14)20-11-13-3-6-16(20)7-13/h4-5,8,12-13,16,19H,3,6-7,9-11H2,1-2H3. The van der Waals surface area contributed by atoms with Crippen LogP contribution in [0, 0.1) is 11.8 Å². The first kappa shape index (κ1) is 14.2. The van der Waals surface area contributed by atoms with Crippen LogP contribution in [0.4, 0.5) is 5.69 Å². The topological polar surface area (TPSA) is 15.3 Å². The fourth-order valence-electron chi connectivity index (χ4n) is 3.67. The highest BCUT2D eigenvalue weighted by Crippen LogP contribution is 2.41. The van der Waals surface area contributed by atoms with Crippen LogP contribution in [0.25, 0.3) is 0 Å². The molecule has 1 N–H and O–H groups in total. The number of nitrogens with zero attached hydrogens (tertiary/aromatic N) is 1. The second kappa shape index (κ2) is 5.95. The van der Waals surface area contributed by atoms with Crippen LogP contribution in [-0.4, -0.2) is 19.1 Å². The molecule has 3 rings (SSSR count). The first-order valence-electron chi connectivity index (χ1n) is 7.89. The van der Waals surface area contributed by atoms with Gasteiger partial charge in [0.2, 0.25) is 0 Å². The number of benzene rings is 1. The van der Waals surface area contributed by atoms with Crippen LogP contribution in [0.2, 0.25) is 5.02 Å². The molecule has 2 fully saturated rings. The van der Waals surface area contributed by atoms with Crippen LogP contribution in [0.3, 0.4) is 0 Å². The number of nitrogens with one attached hydrogen (secondary N) is 1. The Morgan fingerprint density at radius 3 is 2.85 bits per heavy atom. The number of fused-ring (bicyclic) bond motifs is 2. The highest BCUT2D eigenvalue weighted by Gasteiger charge is 2.38. The summed E-state index contributed by atoms with van der Waals surface area (Å²) in [6, 6.07) is 7.12. The van der Waals surface area contributed by atoms with Crippen molar-refractivity contribution in [2.24, 2.45) is 11.8 Å². The van der Waals surface area contributed by atoms with E-state index in [1.807, 2.05) is 6.07 Å². The predicted molar refractivity (Wildman–Crippen MR) is 86.5 cm³/mol. The molecule has 1 saturated carbocycles. The molecule has 0 amide bonds. The van der Waals surface area contributed by atoms with E-state index in [1.165, 1.54) is 37.1 Å². The van der Waals surface area contributed by atoms with Gasteiger partial charge in [-0.25, -0.2) is 0 Å². The number of anilines is 1. The Morgan fingerprint density at radius 1 is 1.35 bits per heavy atom. The Morgan fingerprint density at radius 2 is 2.20 bits per heavy atom. The zero-order valence-corrected chi connectivity index (χ0v) is 13.3. The summed E-state index contributed by atoms with van der Waals surface area (Å²) in [6.07, 6.45) is 4.16. The summed E-state index contributed by atoms with van der Waals surface area (Å²) in [5, 5.41) is 4.42. The minimum absolute atomic E-state index is 0.688. The smallest absolute Gasteiger partial charge is 0.0429 e. The molecule has 1 saturated heterocycles. The number of hydrogen-bond acceptors (Lipinski definition) is 2. The summed E-state index contributed by atoms with van der Waals surface area (Å²) in [4.78, 5) is 2.60. The molecular weight excluding hydrogens is 268 g/mol. The zero-order valence-electron chi connectivity index (χ0n) is 12.5. The lowest BCUT2D eigenvalue weighted by Gasteiger charge is -2.31. The van der Waals surface area contributed by atoms with E-state index in [0.29, 0.717) is 5.92 Å². The maximum atomic E-state index is 6.23. The van der Waals surface area contributed by atoms with Gasteiger partial charge in [0.15, 0.2) is 0 Å². The second-order valence-electron chi connectivity index (χ2n) is 6.78. The SMILES string of the molecule is CC(C)CNCc1ccc(Cl)cc1N1CC2CCC1C2. The van der Waals surface area contributed by atoms with E-state index in [-0.39, 0.29) is 0 Å². The highest BCUT2D eigenvalue weighted by molar-refractivity contribution is 6.30. The lowest BCUT2D eigenvalue weighted by Crippen LogP contribution is -2.33. The van der Waals surface area contributed by atoms with Crippen molar-refractivity contribution in [2.45, 2.75) is 45.7 Å². The molecule has 2 nitrogen and oxygen atoms in total. The van der Waals surface area contributed by atoms with Crippen LogP contribution in [0.15, 0.2) is 18.2 Å². The molecule has 2 atom stereocenters. The van der Waals surface area contributed by atoms with E-state index in [2.05, 4.69) is 36.2 Å². The van der Waals surface area contributed by atoms with Crippen LogP contribution < -0.4 is 10.2 Å². The van der Waals surface area contributed by atoms with Gasteiger partial charge in [0.1, 0.15) is 0 Å². The summed E-state index contributed by atoms with van der Waals surface area (Å²) in [7, 11) is 0. The van der Waals surface area contributed by atoms with Gasteiger partial charge >= 0.3 is 0 Å². The molecule has 1 aliphatic carbocycles. The third kappa shape index (κ3) is 2.96. The van der Waals surface area contributed by atoms with E-state index in [9.17, 15) is 0 Å². The molecule has 1 aliphatic heterocycles. The van der Waals surface area contributed by atoms with E-state index in [4.69, 9.17) is 11.6 Å². The Kier molecular flexibility index (Phi) is 4.23. The van der Waals surface area contributed by atoms with Gasteiger partial charge in [-0.15, -0.1) is 0 Å². The lowest BCUT2D eigenvalue weighted by atomic mass is 10.1. The van der Waals surface area contributed by atoms with Gasteiger partial charge in [-0.3, -0.25) is 0 Å². The van der Waals surface area contributed by atoms with Crippen molar-refractivity contribution in [3.63, 3.8) is 0 Å². The van der Waals surface area contributed by atoms with Gasteiger partial charge in [-0.1, -0.05) is 31.5 Å². The molecular formula is C17H25ClN2. The van der Waals surface area contributed by atoms with E-state index >= 15 is 0 Å². The summed E-state index contributed by atoms with van der Waals surface area (Å²) >= 11 is 6.23. The first-order valence-corrected chi connectivity index (χ1v) is 8.27. The van der Waals surface area contributed by atoms with Crippen molar-refractivity contribution < 1.29 is 0 Å². The van der Waals surface area contributed by atoms with Crippen molar-refractivity contribution in [3.8, 4) is 0 Å². The number of piperidine rings is 1. The molecule has 1 heterocycles. The van der Waals surface area contributed by atoms with Crippen LogP contribution >= 0.6 is 11.6 Å². The van der Waals surface area contributed by atoms with Gasteiger partial charge in [-0.05, 0) is 55.3 Å². The molecule has 2 unspecified atom stereocenters.